The van der Waals surface area contributed by atoms with Gasteiger partial charge in [0.2, 0.25) is 0 Å². The monoisotopic (exact) mass is 565 g/mol. The number of hydrogen-bond acceptors (Lipinski definition) is 4. The topological polar surface area (TPSA) is 79.8 Å². The summed E-state index contributed by atoms with van der Waals surface area (Å²) >= 11 is 24.2. The predicted octanol–water partition coefficient (Wildman–Crippen LogP) is 6.78. The van der Waals surface area contributed by atoms with Gasteiger partial charge in [0.05, 0.1) is 6.21 Å². The minimum atomic E-state index is -0.813. The molecule has 3 rings (SSSR count). The Hall–Kier alpha value is -2.77. The Balaban J connectivity index is 1.67. The zero-order valence-electron chi connectivity index (χ0n) is 19.4. The van der Waals surface area contributed by atoms with E-state index < -0.39 is 17.9 Å². The minimum Gasteiger partial charge on any atom is -0.488 e. The number of nitrogens with zero attached hydrogens (tertiary/aromatic N) is 1. The number of hydrogen-bond donors (Lipinski definition) is 2. The number of amides is 2. The van der Waals surface area contributed by atoms with Gasteiger partial charge < -0.3 is 10.1 Å². The van der Waals surface area contributed by atoms with Crippen LogP contribution in [0.3, 0.4) is 0 Å². The molecule has 0 radical (unpaired) electrons. The molecule has 188 valence electrons. The van der Waals surface area contributed by atoms with E-state index in [0.717, 1.165) is 5.56 Å². The van der Waals surface area contributed by atoms with Gasteiger partial charge in [-0.1, -0.05) is 66.3 Å². The molecule has 0 aliphatic rings. The van der Waals surface area contributed by atoms with E-state index >= 15 is 0 Å². The first-order valence-corrected chi connectivity index (χ1v) is 12.4. The summed E-state index contributed by atoms with van der Waals surface area (Å²) in [5.74, 6) is -0.567. The van der Waals surface area contributed by atoms with Gasteiger partial charge in [-0.15, -0.1) is 0 Å². The van der Waals surface area contributed by atoms with Gasteiger partial charge in [-0.3, -0.25) is 9.59 Å². The Morgan fingerprint density at radius 2 is 1.56 bits per heavy atom. The molecular formula is C26H23Cl4N3O3. The van der Waals surface area contributed by atoms with Crippen LogP contribution in [0.4, 0.5) is 0 Å². The van der Waals surface area contributed by atoms with Crippen LogP contribution in [-0.4, -0.2) is 24.1 Å². The molecule has 0 saturated heterocycles. The van der Waals surface area contributed by atoms with Crippen molar-refractivity contribution in [3.8, 4) is 5.75 Å². The van der Waals surface area contributed by atoms with E-state index in [1.807, 2.05) is 13.8 Å². The molecule has 0 saturated carbocycles. The summed E-state index contributed by atoms with van der Waals surface area (Å²) in [7, 11) is 0. The highest BCUT2D eigenvalue weighted by atomic mass is 35.5. The number of halogens is 4. The molecule has 6 nitrogen and oxygen atoms in total. The van der Waals surface area contributed by atoms with Crippen LogP contribution < -0.4 is 15.5 Å². The Bertz CT molecular complexity index is 1260. The van der Waals surface area contributed by atoms with Gasteiger partial charge >= 0.3 is 0 Å². The molecule has 1 atom stereocenters. The maximum absolute atomic E-state index is 12.8. The van der Waals surface area contributed by atoms with E-state index in [4.69, 9.17) is 51.1 Å². The molecule has 2 N–H and O–H groups in total. The number of ether oxygens (including phenoxy) is 1. The van der Waals surface area contributed by atoms with Gasteiger partial charge in [-0.25, -0.2) is 5.43 Å². The molecule has 1 unspecified atom stereocenters. The molecule has 0 aliphatic carbocycles. The van der Waals surface area contributed by atoms with Gasteiger partial charge in [0.15, 0.2) is 0 Å². The van der Waals surface area contributed by atoms with Crippen molar-refractivity contribution >= 4 is 64.4 Å². The lowest BCUT2D eigenvalue weighted by atomic mass is 10.0. The van der Waals surface area contributed by atoms with Crippen molar-refractivity contribution in [3.63, 3.8) is 0 Å². The molecular weight excluding hydrogens is 544 g/mol. The second kappa shape index (κ2) is 13.0. The van der Waals surface area contributed by atoms with Crippen LogP contribution in [0.1, 0.15) is 35.3 Å². The third-order valence-corrected chi connectivity index (χ3v) is 6.16. The molecule has 0 fully saturated rings. The maximum Gasteiger partial charge on any atom is 0.262 e. The van der Waals surface area contributed by atoms with Crippen molar-refractivity contribution in [1.29, 1.82) is 0 Å². The summed E-state index contributed by atoms with van der Waals surface area (Å²) in [6.07, 6.45) is 1.42. The molecule has 0 aromatic heterocycles. The first-order valence-electron chi connectivity index (χ1n) is 10.9. The Labute approximate surface area is 229 Å². The average Bonchev–Trinajstić information content (AvgIpc) is 2.83. The standard InChI is InChI=1S/C26H23Cl4N3O3/c1-15(2)24(32-25(34)16-3-6-19(27)7-4-16)26(35)33-31-13-18-11-20(28)9-10-23(18)36-14-17-5-8-21(29)12-22(17)30/h3-13,15,24H,14H2,1-2H3,(H,32,34)(H,33,35). The van der Waals surface area contributed by atoms with E-state index in [9.17, 15) is 9.59 Å². The third-order valence-electron chi connectivity index (χ3n) is 5.09. The number of nitrogens with one attached hydrogen (secondary N) is 2. The fraction of sp³-hybridized carbons (Fsp3) is 0.192. The highest BCUT2D eigenvalue weighted by Crippen LogP contribution is 2.25. The molecule has 0 bridgehead atoms. The summed E-state index contributed by atoms with van der Waals surface area (Å²) in [6.45, 7) is 3.83. The maximum atomic E-state index is 12.8. The van der Waals surface area contributed by atoms with Crippen LogP contribution in [-0.2, 0) is 11.4 Å². The molecule has 3 aromatic rings. The lowest BCUT2D eigenvalue weighted by molar-refractivity contribution is -0.123. The van der Waals surface area contributed by atoms with Gasteiger partial charge in [-0.05, 0) is 60.5 Å². The van der Waals surface area contributed by atoms with Crippen molar-refractivity contribution in [3.05, 3.63) is 97.4 Å². The van der Waals surface area contributed by atoms with Crippen molar-refractivity contribution in [2.75, 3.05) is 0 Å². The van der Waals surface area contributed by atoms with E-state index in [1.165, 1.54) is 6.21 Å². The smallest absolute Gasteiger partial charge is 0.262 e. The Morgan fingerprint density at radius 1 is 0.917 bits per heavy atom. The van der Waals surface area contributed by atoms with E-state index in [1.54, 1.807) is 60.7 Å². The molecule has 3 aromatic carbocycles. The lowest BCUT2D eigenvalue weighted by Crippen LogP contribution is -2.48. The van der Waals surface area contributed by atoms with Crippen molar-refractivity contribution in [1.82, 2.24) is 10.7 Å². The molecule has 0 spiro atoms. The molecule has 0 aliphatic heterocycles. The van der Waals surface area contributed by atoms with Gasteiger partial charge in [0, 0.05) is 36.8 Å². The summed E-state index contributed by atoms with van der Waals surface area (Å²) < 4.78 is 5.90. The predicted molar refractivity (Wildman–Crippen MR) is 146 cm³/mol. The minimum absolute atomic E-state index is 0.189. The van der Waals surface area contributed by atoms with Crippen LogP contribution >= 0.6 is 46.4 Å². The third kappa shape index (κ3) is 7.87. The van der Waals surface area contributed by atoms with E-state index in [0.29, 0.717) is 37.0 Å². The first-order chi connectivity index (χ1) is 17.1. The molecule has 36 heavy (non-hydrogen) atoms. The first kappa shape index (κ1) is 27.8. The quantitative estimate of drug-likeness (QED) is 0.221. The summed E-state index contributed by atoms with van der Waals surface area (Å²) in [5.41, 5.74) is 4.16. The van der Waals surface area contributed by atoms with Crippen LogP contribution in [0.5, 0.6) is 5.75 Å². The molecule has 0 heterocycles. The fourth-order valence-electron chi connectivity index (χ4n) is 3.14. The summed E-state index contributed by atoms with van der Waals surface area (Å²) in [5, 5.41) is 8.78. The molecule has 10 heteroatoms. The molecule has 2 amide bonds. The SMILES string of the molecule is CC(C)C(NC(=O)c1ccc(Cl)cc1)C(=O)NN=Cc1cc(Cl)ccc1OCc1ccc(Cl)cc1Cl. The van der Waals surface area contributed by atoms with Gasteiger partial charge in [0.1, 0.15) is 18.4 Å². The van der Waals surface area contributed by atoms with Crippen molar-refractivity contribution in [2.24, 2.45) is 11.0 Å². The lowest BCUT2D eigenvalue weighted by Gasteiger charge is -2.20. The van der Waals surface area contributed by atoms with E-state index in [-0.39, 0.29) is 12.5 Å². The zero-order valence-corrected chi connectivity index (χ0v) is 22.4. The summed E-state index contributed by atoms with van der Waals surface area (Å²) in [6, 6.07) is 15.7. The van der Waals surface area contributed by atoms with Crippen LogP contribution in [0.25, 0.3) is 0 Å². The average molecular weight is 567 g/mol. The van der Waals surface area contributed by atoms with Crippen molar-refractivity contribution in [2.45, 2.75) is 26.5 Å². The van der Waals surface area contributed by atoms with Crippen LogP contribution in [0, 0.1) is 5.92 Å². The Kier molecular flexibility index (Phi) is 10.0. The van der Waals surface area contributed by atoms with E-state index in [2.05, 4.69) is 15.8 Å². The number of carbonyl (C=O) groups is 2. The zero-order chi connectivity index (χ0) is 26.2. The largest absolute Gasteiger partial charge is 0.488 e. The highest BCUT2D eigenvalue weighted by Gasteiger charge is 2.24. The second-order valence-electron chi connectivity index (χ2n) is 8.14. The van der Waals surface area contributed by atoms with Crippen molar-refractivity contribution < 1.29 is 14.3 Å². The van der Waals surface area contributed by atoms with Crippen LogP contribution in [0.15, 0.2) is 65.8 Å². The number of rotatable bonds is 9. The van der Waals surface area contributed by atoms with Gasteiger partial charge in [-0.2, -0.15) is 5.10 Å². The van der Waals surface area contributed by atoms with Gasteiger partial charge in [0.25, 0.3) is 11.8 Å². The number of benzene rings is 3. The second-order valence-corrected chi connectivity index (χ2v) is 9.86. The Morgan fingerprint density at radius 3 is 2.22 bits per heavy atom. The number of hydrazone groups is 1. The summed E-state index contributed by atoms with van der Waals surface area (Å²) in [4.78, 5) is 25.3. The fourth-order valence-corrected chi connectivity index (χ4v) is 3.91. The highest BCUT2D eigenvalue weighted by molar-refractivity contribution is 6.35. The number of carbonyl (C=O) groups excluding carboxylic acids is 2. The normalized spacial score (nSPS) is 12.0. The van der Waals surface area contributed by atoms with Crippen LogP contribution in [0.2, 0.25) is 20.1 Å².